The average molecular weight is 234 g/mol. The van der Waals surface area contributed by atoms with Crippen molar-refractivity contribution in [3.63, 3.8) is 0 Å². The Labute approximate surface area is 108 Å². The van der Waals surface area contributed by atoms with Crippen LogP contribution in [0.15, 0.2) is 11.1 Å². The predicted molar refractivity (Wildman–Crippen MR) is 76.2 cm³/mol. The van der Waals surface area contributed by atoms with Crippen LogP contribution in [0.25, 0.3) is 0 Å². The molecule has 2 aliphatic rings. The van der Waals surface area contributed by atoms with Crippen molar-refractivity contribution in [3.8, 4) is 0 Å². The van der Waals surface area contributed by atoms with Gasteiger partial charge in [-0.1, -0.05) is 44.3 Å². The maximum Gasteiger partial charge on any atom is -0.0312 e. The molecule has 0 spiro atoms. The molecule has 0 heteroatoms. The van der Waals surface area contributed by atoms with Crippen LogP contribution in [-0.4, -0.2) is 0 Å². The fraction of sp³-hybridized carbons (Fsp3) is 0.882. The largest absolute Gasteiger partial charge is 0.0710 e. The van der Waals surface area contributed by atoms with Gasteiger partial charge in [0.2, 0.25) is 0 Å². The van der Waals surface area contributed by atoms with Crippen LogP contribution in [0.5, 0.6) is 0 Å². The third-order valence-electron chi connectivity index (χ3n) is 5.35. The van der Waals surface area contributed by atoms with Crippen LogP contribution in [-0.2, 0) is 0 Å². The Morgan fingerprint density at radius 3 is 2.00 bits per heavy atom. The summed E-state index contributed by atoms with van der Waals surface area (Å²) < 4.78 is 0. The lowest BCUT2D eigenvalue weighted by molar-refractivity contribution is 0.253. The maximum atomic E-state index is 2.52. The van der Waals surface area contributed by atoms with E-state index in [2.05, 4.69) is 13.8 Å². The summed E-state index contributed by atoms with van der Waals surface area (Å²) in [5.41, 5.74) is 4.39. The second-order valence-corrected chi connectivity index (χ2v) is 6.64. The van der Waals surface area contributed by atoms with Crippen LogP contribution >= 0.6 is 0 Å². The lowest BCUT2D eigenvalue weighted by atomic mass is 9.77. The van der Waals surface area contributed by atoms with Gasteiger partial charge in [0.25, 0.3) is 0 Å². The molecular weight excluding hydrogens is 204 g/mol. The van der Waals surface area contributed by atoms with E-state index < -0.39 is 0 Å². The van der Waals surface area contributed by atoms with E-state index in [1.807, 2.05) is 11.1 Å². The molecule has 0 nitrogen and oxygen atoms in total. The molecule has 0 radical (unpaired) electrons. The van der Waals surface area contributed by atoms with Gasteiger partial charge in [-0.3, -0.25) is 0 Å². The van der Waals surface area contributed by atoms with E-state index >= 15 is 0 Å². The van der Waals surface area contributed by atoms with Crippen LogP contribution in [0, 0.1) is 5.41 Å². The highest BCUT2D eigenvalue weighted by molar-refractivity contribution is 5.16. The maximum absolute atomic E-state index is 2.52. The molecule has 0 fully saturated rings. The molecule has 2 rings (SSSR count). The topological polar surface area (TPSA) is 0 Å². The minimum atomic E-state index is 0.634. The highest BCUT2D eigenvalue weighted by Gasteiger charge is 2.24. The molecule has 17 heavy (non-hydrogen) atoms. The Bertz CT molecular complexity index is 274. The van der Waals surface area contributed by atoms with Gasteiger partial charge in [0.15, 0.2) is 0 Å². The SMILES string of the molecule is CCC1(C)CCCCC2=C(CCCCC2)CC1. The molecule has 0 saturated carbocycles. The first-order valence-corrected chi connectivity index (χ1v) is 7.93. The third-order valence-corrected chi connectivity index (χ3v) is 5.35. The van der Waals surface area contributed by atoms with Gasteiger partial charge >= 0.3 is 0 Å². The molecule has 1 atom stereocenters. The van der Waals surface area contributed by atoms with E-state index in [0.29, 0.717) is 5.41 Å². The predicted octanol–water partition coefficient (Wildman–Crippen LogP) is 6.02. The molecule has 0 N–H and O–H groups in total. The molecular formula is C17H30. The van der Waals surface area contributed by atoms with Gasteiger partial charge in [0.05, 0.1) is 0 Å². The molecule has 0 amide bonds. The van der Waals surface area contributed by atoms with E-state index in [1.54, 1.807) is 0 Å². The lowest BCUT2D eigenvalue weighted by Gasteiger charge is -2.28. The van der Waals surface area contributed by atoms with Crippen LogP contribution < -0.4 is 0 Å². The number of hydrogen-bond donors (Lipinski definition) is 0. The summed E-state index contributed by atoms with van der Waals surface area (Å²) in [6.45, 7) is 4.91. The van der Waals surface area contributed by atoms with Crippen molar-refractivity contribution in [2.75, 3.05) is 0 Å². The lowest BCUT2D eigenvalue weighted by Crippen LogP contribution is -2.15. The van der Waals surface area contributed by atoms with Gasteiger partial charge < -0.3 is 0 Å². The number of allylic oxidation sites excluding steroid dienone is 2. The molecule has 0 aromatic heterocycles. The monoisotopic (exact) mass is 234 g/mol. The zero-order valence-electron chi connectivity index (χ0n) is 12.0. The minimum absolute atomic E-state index is 0.634. The smallest absolute Gasteiger partial charge is 0.0312 e. The van der Waals surface area contributed by atoms with Gasteiger partial charge in [-0.15, -0.1) is 0 Å². The third kappa shape index (κ3) is 3.60. The first-order valence-electron chi connectivity index (χ1n) is 7.93. The minimum Gasteiger partial charge on any atom is -0.0710 e. The summed E-state index contributed by atoms with van der Waals surface area (Å²) in [7, 11) is 0. The van der Waals surface area contributed by atoms with Gasteiger partial charge in [0, 0.05) is 0 Å². The van der Waals surface area contributed by atoms with E-state index in [4.69, 9.17) is 0 Å². The van der Waals surface area contributed by atoms with Gasteiger partial charge in [-0.05, 0) is 63.2 Å². The number of hydrogen-bond acceptors (Lipinski definition) is 0. The summed E-state index contributed by atoms with van der Waals surface area (Å²) in [6.07, 6.45) is 17.3. The number of rotatable bonds is 1. The second-order valence-electron chi connectivity index (χ2n) is 6.64. The normalized spacial score (nSPS) is 32.1. The van der Waals surface area contributed by atoms with Crippen molar-refractivity contribution in [1.82, 2.24) is 0 Å². The Balaban J connectivity index is 2.08. The Morgan fingerprint density at radius 1 is 0.765 bits per heavy atom. The summed E-state index contributed by atoms with van der Waals surface area (Å²) in [5.74, 6) is 0. The molecule has 0 aromatic rings. The van der Waals surface area contributed by atoms with E-state index in [0.717, 1.165) is 0 Å². The first kappa shape index (κ1) is 13.2. The molecule has 0 saturated heterocycles. The van der Waals surface area contributed by atoms with Crippen molar-refractivity contribution in [3.05, 3.63) is 11.1 Å². The molecule has 2 aliphatic carbocycles. The molecule has 1 unspecified atom stereocenters. The second kappa shape index (κ2) is 6.07. The van der Waals surface area contributed by atoms with Gasteiger partial charge in [-0.2, -0.15) is 0 Å². The van der Waals surface area contributed by atoms with Crippen molar-refractivity contribution < 1.29 is 0 Å². The standard InChI is InChI=1S/C17H30/c1-3-17(2)13-8-7-11-15-9-5-4-6-10-16(15)12-14-17/h3-14H2,1-2H3. The summed E-state index contributed by atoms with van der Waals surface area (Å²) in [4.78, 5) is 0. The first-order chi connectivity index (χ1) is 8.23. The summed E-state index contributed by atoms with van der Waals surface area (Å²) >= 11 is 0. The fourth-order valence-corrected chi connectivity index (χ4v) is 3.63. The molecule has 0 aromatic carbocycles. The highest BCUT2D eigenvalue weighted by atomic mass is 14.3. The van der Waals surface area contributed by atoms with Crippen molar-refractivity contribution in [1.29, 1.82) is 0 Å². The van der Waals surface area contributed by atoms with Crippen LogP contribution in [0.1, 0.15) is 90.9 Å². The van der Waals surface area contributed by atoms with Gasteiger partial charge in [-0.25, -0.2) is 0 Å². The summed E-state index contributed by atoms with van der Waals surface area (Å²) in [5, 5.41) is 0. The average Bonchev–Trinajstić information content (AvgIpc) is 2.53. The zero-order chi connectivity index (χ0) is 12.1. The molecule has 0 aliphatic heterocycles. The van der Waals surface area contributed by atoms with Gasteiger partial charge in [0.1, 0.15) is 0 Å². The van der Waals surface area contributed by atoms with Crippen molar-refractivity contribution in [2.24, 2.45) is 5.41 Å². The molecule has 98 valence electrons. The Morgan fingerprint density at radius 2 is 1.35 bits per heavy atom. The molecule has 0 bridgehead atoms. The zero-order valence-corrected chi connectivity index (χ0v) is 12.0. The fourth-order valence-electron chi connectivity index (χ4n) is 3.63. The van der Waals surface area contributed by atoms with E-state index in [9.17, 15) is 0 Å². The highest BCUT2D eigenvalue weighted by Crippen LogP contribution is 2.40. The molecule has 0 heterocycles. The Hall–Kier alpha value is -0.260. The van der Waals surface area contributed by atoms with Crippen molar-refractivity contribution >= 4 is 0 Å². The van der Waals surface area contributed by atoms with Crippen LogP contribution in [0.3, 0.4) is 0 Å². The van der Waals surface area contributed by atoms with E-state index in [1.165, 1.54) is 77.0 Å². The van der Waals surface area contributed by atoms with E-state index in [-0.39, 0.29) is 0 Å². The van der Waals surface area contributed by atoms with Crippen molar-refractivity contribution in [2.45, 2.75) is 90.9 Å². The van der Waals surface area contributed by atoms with Crippen LogP contribution in [0.2, 0.25) is 0 Å². The van der Waals surface area contributed by atoms with Crippen LogP contribution in [0.4, 0.5) is 0 Å². The summed E-state index contributed by atoms with van der Waals surface area (Å²) in [6, 6.07) is 0. The Kier molecular flexibility index (Phi) is 4.70. The quantitative estimate of drug-likeness (QED) is 0.487.